The van der Waals surface area contributed by atoms with Crippen LogP contribution in [0, 0.1) is 13.8 Å². The first-order valence-electron chi connectivity index (χ1n) is 10.3. The Morgan fingerprint density at radius 3 is 1.97 bits per heavy atom. The van der Waals surface area contributed by atoms with Gasteiger partial charge in [-0.1, -0.05) is 48.5 Å². The molecule has 1 N–H and O–H groups in total. The summed E-state index contributed by atoms with van der Waals surface area (Å²) in [6.45, 7) is 4.35. The van der Waals surface area contributed by atoms with Crippen LogP contribution in [0.25, 0.3) is 11.1 Å². The molecule has 0 bridgehead atoms. The number of amides is 1. The van der Waals surface area contributed by atoms with Gasteiger partial charge in [0.05, 0.1) is 5.56 Å². The Morgan fingerprint density at radius 1 is 0.935 bits per heavy atom. The predicted molar refractivity (Wildman–Crippen MR) is 119 cm³/mol. The SMILES string of the molecule is Cc1cc(C(=O)O)cc(C)c1CN(C)C(=O)OCC1c2ccccc2-c2ccccc21. The molecule has 0 fully saturated rings. The molecule has 1 aliphatic carbocycles. The molecule has 5 nitrogen and oxygen atoms in total. The van der Waals surface area contributed by atoms with Gasteiger partial charge in [0.25, 0.3) is 0 Å². The smallest absolute Gasteiger partial charge is 0.409 e. The van der Waals surface area contributed by atoms with Crippen molar-refractivity contribution in [3.05, 3.63) is 94.0 Å². The number of hydrogen-bond donors (Lipinski definition) is 1. The van der Waals surface area contributed by atoms with Crippen molar-refractivity contribution in [2.45, 2.75) is 26.3 Å². The zero-order valence-electron chi connectivity index (χ0n) is 17.9. The maximum Gasteiger partial charge on any atom is 0.409 e. The molecular formula is C26H25NO4. The highest BCUT2D eigenvalue weighted by Crippen LogP contribution is 2.44. The van der Waals surface area contributed by atoms with Gasteiger partial charge in [0.1, 0.15) is 6.61 Å². The molecule has 158 valence electrons. The molecule has 0 unspecified atom stereocenters. The second-order valence-corrected chi connectivity index (χ2v) is 8.05. The van der Waals surface area contributed by atoms with Crippen LogP contribution in [0.3, 0.4) is 0 Å². The van der Waals surface area contributed by atoms with Gasteiger partial charge in [0.15, 0.2) is 0 Å². The zero-order valence-corrected chi connectivity index (χ0v) is 17.9. The van der Waals surface area contributed by atoms with E-state index in [-0.39, 0.29) is 18.1 Å². The molecule has 31 heavy (non-hydrogen) atoms. The van der Waals surface area contributed by atoms with Crippen LogP contribution in [0.5, 0.6) is 0 Å². The van der Waals surface area contributed by atoms with Gasteiger partial charge in [-0.3, -0.25) is 0 Å². The van der Waals surface area contributed by atoms with Crippen molar-refractivity contribution in [1.82, 2.24) is 4.90 Å². The average molecular weight is 415 g/mol. The summed E-state index contributed by atoms with van der Waals surface area (Å²) in [6, 6.07) is 19.7. The Balaban J connectivity index is 1.47. The van der Waals surface area contributed by atoms with Gasteiger partial charge in [-0.05, 0) is 64.9 Å². The highest BCUT2D eigenvalue weighted by molar-refractivity contribution is 5.88. The molecule has 1 aliphatic rings. The lowest BCUT2D eigenvalue weighted by molar-refractivity contribution is 0.0696. The van der Waals surface area contributed by atoms with Gasteiger partial charge in [-0.25, -0.2) is 9.59 Å². The number of aryl methyl sites for hydroxylation is 2. The lowest BCUT2D eigenvalue weighted by Gasteiger charge is -2.22. The Kier molecular flexibility index (Phi) is 5.51. The zero-order chi connectivity index (χ0) is 22.1. The Bertz CT molecular complexity index is 1100. The van der Waals surface area contributed by atoms with E-state index in [1.54, 1.807) is 19.2 Å². The summed E-state index contributed by atoms with van der Waals surface area (Å²) >= 11 is 0. The van der Waals surface area contributed by atoms with Crippen molar-refractivity contribution in [1.29, 1.82) is 0 Å². The van der Waals surface area contributed by atoms with E-state index < -0.39 is 12.1 Å². The number of rotatable bonds is 5. The number of carbonyl (C=O) groups excluding carboxylic acids is 1. The number of carboxylic acids is 1. The largest absolute Gasteiger partial charge is 0.478 e. The third kappa shape index (κ3) is 3.91. The quantitative estimate of drug-likeness (QED) is 0.607. The highest BCUT2D eigenvalue weighted by atomic mass is 16.6. The lowest BCUT2D eigenvalue weighted by Crippen LogP contribution is -2.29. The molecular weight excluding hydrogens is 390 g/mol. The normalized spacial score (nSPS) is 12.2. The topological polar surface area (TPSA) is 66.8 Å². The van der Waals surface area contributed by atoms with Crippen molar-refractivity contribution in [3.8, 4) is 11.1 Å². The number of benzene rings is 3. The van der Waals surface area contributed by atoms with Crippen LogP contribution in [0.4, 0.5) is 4.79 Å². The minimum absolute atomic E-state index is 0.0167. The van der Waals surface area contributed by atoms with Gasteiger partial charge in [-0.2, -0.15) is 0 Å². The molecule has 3 aromatic carbocycles. The van der Waals surface area contributed by atoms with Gasteiger partial charge in [0.2, 0.25) is 0 Å². The van der Waals surface area contributed by atoms with E-state index in [1.165, 1.54) is 27.2 Å². The maximum absolute atomic E-state index is 12.7. The number of nitrogens with zero attached hydrogens (tertiary/aromatic N) is 1. The highest BCUT2D eigenvalue weighted by Gasteiger charge is 2.29. The molecule has 0 saturated carbocycles. The van der Waals surface area contributed by atoms with Gasteiger partial charge in [-0.15, -0.1) is 0 Å². The summed E-state index contributed by atoms with van der Waals surface area (Å²) in [6.07, 6.45) is -0.400. The van der Waals surface area contributed by atoms with Crippen LogP contribution in [-0.4, -0.2) is 35.7 Å². The van der Waals surface area contributed by atoms with E-state index in [4.69, 9.17) is 4.74 Å². The summed E-state index contributed by atoms with van der Waals surface area (Å²) in [5, 5.41) is 9.22. The standard InChI is InChI=1S/C26H25NO4/c1-16-12-18(25(28)29)13-17(2)23(16)14-27(3)26(30)31-15-24-21-10-6-4-8-19(21)20-9-5-7-11-22(20)24/h4-13,24H,14-15H2,1-3H3,(H,28,29). The summed E-state index contributed by atoms with van der Waals surface area (Å²) in [5.74, 6) is -0.939. The van der Waals surface area contributed by atoms with E-state index >= 15 is 0 Å². The molecule has 4 rings (SSSR count). The summed E-state index contributed by atoms with van der Waals surface area (Å²) < 4.78 is 5.71. The molecule has 1 amide bonds. The van der Waals surface area contributed by atoms with Crippen molar-refractivity contribution < 1.29 is 19.4 Å². The van der Waals surface area contributed by atoms with Crippen LogP contribution < -0.4 is 0 Å². The monoisotopic (exact) mass is 415 g/mol. The molecule has 0 heterocycles. The first-order chi connectivity index (χ1) is 14.9. The molecule has 0 aliphatic heterocycles. The van der Waals surface area contributed by atoms with Crippen molar-refractivity contribution >= 4 is 12.1 Å². The molecule has 0 saturated heterocycles. The predicted octanol–water partition coefficient (Wildman–Crippen LogP) is 5.38. The summed E-state index contributed by atoms with van der Waals surface area (Å²) in [7, 11) is 1.70. The molecule has 0 atom stereocenters. The van der Waals surface area contributed by atoms with Gasteiger partial charge < -0.3 is 14.7 Å². The van der Waals surface area contributed by atoms with Crippen LogP contribution in [0.2, 0.25) is 0 Å². The van der Waals surface area contributed by atoms with Crippen LogP contribution >= 0.6 is 0 Å². The van der Waals surface area contributed by atoms with Gasteiger partial charge >= 0.3 is 12.1 Å². The van der Waals surface area contributed by atoms with Crippen LogP contribution in [-0.2, 0) is 11.3 Å². The first-order valence-corrected chi connectivity index (χ1v) is 10.3. The lowest BCUT2D eigenvalue weighted by atomic mass is 9.98. The van der Waals surface area contributed by atoms with Crippen molar-refractivity contribution in [2.75, 3.05) is 13.7 Å². The minimum Gasteiger partial charge on any atom is -0.478 e. The second-order valence-electron chi connectivity index (χ2n) is 8.05. The Labute approximate surface area is 181 Å². The molecule has 3 aromatic rings. The number of fused-ring (bicyclic) bond motifs is 3. The third-order valence-corrected chi connectivity index (χ3v) is 5.99. The number of ether oxygens (including phenoxy) is 1. The fraction of sp³-hybridized carbons (Fsp3) is 0.231. The number of aromatic carboxylic acids is 1. The number of hydrogen-bond acceptors (Lipinski definition) is 3. The molecule has 0 spiro atoms. The second kappa shape index (κ2) is 8.26. The Morgan fingerprint density at radius 2 is 1.45 bits per heavy atom. The van der Waals surface area contributed by atoms with E-state index in [0.29, 0.717) is 6.54 Å². The van der Waals surface area contributed by atoms with Crippen molar-refractivity contribution in [3.63, 3.8) is 0 Å². The molecule has 0 radical (unpaired) electrons. The number of carbonyl (C=O) groups is 2. The fourth-order valence-corrected chi connectivity index (χ4v) is 4.37. The van der Waals surface area contributed by atoms with Crippen LogP contribution in [0.1, 0.15) is 44.1 Å². The first kappa shape index (κ1) is 20.7. The van der Waals surface area contributed by atoms with Crippen LogP contribution in [0.15, 0.2) is 60.7 Å². The molecule has 0 aromatic heterocycles. The Hall–Kier alpha value is -3.60. The third-order valence-electron chi connectivity index (χ3n) is 5.99. The molecule has 5 heteroatoms. The summed E-state index contributed by atoms with van der Waals surface area (Å²) in [5.41, 5.74) is 7.61. The van der Waals surface area contributed by atoms with Gasteiger partial charge in [0, 0.05) is 19.5 Å². The maximum atomic E-state index is 12.7. The number of carboxylic acid groups (broad SMARTS) is 1. The van der Waals surface area contributed by atoms with E-state index in [9.17, 15) is 14.7 Å². The van der Waals surface area contributed by atoms with Crippen molar-refractivity contribution in [2.24, 2.45) is 0 Å². The minimum atomic E-state index is -0.956. The fourth-order valence-electron chi connectivity index (χ4n) is 4.37. The van der Waals surface area contributed by atoms with E-state index in [0.717, 1.165) is 16.7 Å². The average Bonchev–Trinajstić information content (AvgIpc) is 3.08. The van der Waals surface area contributed by atoms with E-state index in [2.05, 4.69) is 24.3 Å². The van der Waals surface area contributed by atoms with E-state index in [1.807, 2.05) is 38.1 Å². The summed E-state index contributed by atoms with van der Waals surface area (Å²) in [4.78, 5) is 25.5.